The van der Waals surface area contributed by atoms with Crippen molar-refractivity contribution in [1.29, 1.82) is 0 Å². The smallest absolute Gasteiger partial charge is 0.137 e. The van der Waals surface area contributed by atoms with Crippen LogP contribution in [0.25, 0.3) is 71.6 Å². The molecule has 0 N–H and O–H groups in total. The summed E-state index contributed by atoms with van der Waals surface area (Å²) in [6.07, 6.45) is 0. The zero-order valence-electron chi connectivity index (χ0n) is 29.9. The van der Waals surface area contributed by atoms with Crippen LogP contribution >= 0.6 is 0 Å². The third-order valence-corrected chi connectivity index (χ3v) is 11.0. The van der Waals surface area contributed by atoms with Gasteiger partial charge >= 0.3 is 0 Å². The van der Waals surface area contributed by atoms with Gasteiger partial charge in [0, 0.05) is 50.5 Å². The van der Waals surface area contributed by atoms with Crippen molar-refractivity contribution in [2.45, 2.75) is 0 Å². The van der Waals surface area contributed by atoms with E-state index in [-0.39, 0.29) is 0 Å². The Morgan fingerprint density at radius 3 is 1.73 bits per heavy atom. The highest BCUT2D eigenvalue weighted by Gasteiger charge is 2.22. The van der Waals surface area contributed by atoms with E-state index in [1.807, 2.05) is 0 Å². The fourth-order valence-electron chi connectivity index (χ4n) is 8.38. The first kappa shape index (κ1) is 31.2. The molecule has 1 aliphatic heterocycles. The van der Waals surface area contributed by atoms with Crippen molar-refractivity contribution < 1.29 is 4.74 Å². The van der Waals surface area contributed by atoms with E-state index >= 15 is 0 Å². The van der Waals surface area contributed by atoms with Crippen LogP contribution < -0.4 is 9.64 Å². The summed E-state index contributed by atoms with van der Waals surface area (Å²) >= 11 is 0. The lowest BCUT2D eigenvalue weighted by molar-refractivity contribution is 0.487. The minimum absolute atomic E-state index is 0.855. The van der Waals surface area contributed by atoms with Crippen molar-refractivity contribution in [1.82, 2.24) is 4.57 Å². The van der Waals surface area contributed by atoms with Gasteiger partial charge in [0.1, 0.15) is 11.5 Å². The van der Waals surface area contributed by atoms with Gasteiger partial charge in [-0.1, -0.05) is 133 Å². The molecule has 0 fully saturated rings. The first-order chi connectivity index (χ1) is 27.3. The fourth-order valence-corrected chi connectivity index (χ4v) is 8.38. The van der Waals surface area contributed by atoms with Crippen LogP contribution in [0.5, 0.6) is 11.5 Å². The summed E-state index contributed by atoms with van der Waals surface area (Å²) in [5, 5.41) is 4.85. The minimum Gasteiger partial charge on any atom is -0.456 e. The van der Waals surface area contributed by atoms with Crippen LogP contribution in [0, 0.1) is 0 Å². The fraction of sp³-hybridized carbons (Fsp3) is 0. The van der Waals surface area contributed by atoms with E-state index in [9.17, 15) is 0 Å². The van der Waals surface area contributed by atoms with Gasteiger partial charge in [0.25, 0.3) is 0 Å². The average molecular weight is 703 g/mol. The third kappa shape index (κ3) is 5.20. The Labute approximate surface area is 319 Å². The molecule has 2 heterocycles. The SMILES string of the molecule is c1ccc(-c2ccc(N(c3ccc(-c4ccc5c6ccccc6n(-c6ccccc6)c5c4)cc3)c3ccc4c(c3)Oc3cccc5cccc-4c35)cc2)cc1. The molecule has 11 rings (SSSR count). The van der Waals surface area contributed by atoms with E-state index in [1.54, 1.807) is 0 Å². The molecule has 0 aliphatic carbocycles. The van der Waals surface area contributed by atoms with Gasteiger partial charge in [-0.05, 0) is 99.9 Å². The van der Waals surface area contributed by atoms with Crippen LogP contribution in [0.2, 0.25) is 0 Å². The molecule has 1 aromatic heterocycles. The van der Waals surface area contributed by atoms with Crippen LogP contribution in [0.3, 0.4) is 0 Å². The second-order valence-corrected chi connectivity index (χ2v) is 14.2. The summed E-state index contributed by atoms with van der Waals surface area (Å²) in [5.41, 5.74) is 13.7. The molecule has 1 aliphatic rings. The van der Waals surface area contributed by atoms with Crippen LogP contribution in [-0.2, 0) is 0 Å². The van der Waals surface area contributed by atoms with Crippen molar-refractivity contribution in [3.63, 3.8) is 0 Å². The molecule has 10 aromatic rings. The highest BCUT2D eigenvalue weighted by Crippen LogP contribution is 2.49. The van der Waals surface area contributed by atoms with Gasteiger partial charge in [-0.25, -0.2) is 0 Å². The highest BCUT2D eigenvalue weighted by molar-refractivity contribution is 6.10. The normalized spacial score (nSPS) is 11.8. The summed E-state index contributed by atoms with van der Waals surface area (Å²) in [7, 11) is 0. The number of nitrogens with zero attached hydrogens (tertiary/aromatic N) is 2. The summed E-state index contributed by atoms with van der Waals surface area (Å²) in [6, 6.07) is 73.8. The van der Waals surface area contributed by atoms with E-state index < -0.39 is 0 Å². The molecule has 3 nitrogen and oxygen atoms in total. The zero-order chi connectivity index (χ0) is 36.3. The van der Waals surface area contributed by atoms with Gasteiger partial charge in [0.2, 0.25) is 0 Å². The Bertz CT molecular complexity index is 3030. The van der Waals surface area contributed by atoms with Crippen LogP contribution in [-0.4, -0.2) is 4.57 Å². The zero-order valence-corrected chi connectivity index (χ0v) is 29.9. The second kappa shape index (κ2) is 12.6. The summed E-state index contributed by atoms with van der Waals surface area (Å²) in [4.78, 5) is 2.32. The molecule has 0 amide bonds. The molecule has 0 spiro atoms. The Morgan fingerprint density at radius 2 is 0.964 bits per heavy atom. The third-order valence-electron chi connectivity index (χ3n) is 11.0. The van der Waals surface area contributed by atoms with Gasteiger partial charge < -0.3 is 14.2 Å². The number of fused-ring (bicyclic) bond motifs is 5. The van der Waals surface area contributed by atoms with Gasteiger partial charge in [0.05, 0.1) is 11.0 Å². The number of anilines is 3. The molecule has 258 valence electrons. The first-order valence-corrected chi connectivity index (χ1v) is 18.8. The van der Waals surface area contributed by atoms with Crippen molar-refractivity contribution >= 4 is 49.6 Å². The lowest BCUT2D eigenvalue weighted by Gasteiger charge is -2.28. The molecule has 0 saturated carbocycles. The van der Waals surface area contributed by atoms with E-state index in [0.717, 1.165) is 50.8 Å². The van der Waals surface area contributed by atoms with E-state index in [0.29, 0.717) is 0 Å². The summed E-state index contributed by atoms with van der Waals surface area (Å²) in [6.45, 7) is 0. The molecule has 9 aromatic carbocycles. The van der Waals surface area contributed by atoms with Gasteiger partial charge in [-0.15, -0.1) is 0 Å². The maximum atomic E-state index is 6.64. The number of ether oxygens (including phenoxy) is 1. The molecule has 3 heteroatoms. The number of hydrogen-bond donors (Lipinski definition) is 0. The van der Waals surface area contributed by atoms with E-state index in [2.05, 4.69) is 216 Å². The average Bonchev–Trinajstić information content (AvgIpc) is 3.59. The monoisotopic (exact) mass is 702 g/mol. The van der Waals surface area contributed by atoms with Gasteiger partial charge in [0.15, 0.2) is 0 Å². The van der Waals surface area contributed by atoms with Crippen molar-refractivity contribution in [3.8, 4) is 50.6 Å². The lowest BCUT2D eigenvalue weighted by atomic mass is 9.94. The molecular formula is C52H34N2O. The molecule has 0 saturated heterocycles. The predicted octanol–water partition coefficient (Wildman–Crippen LogP) is 14.5. The summed E-state index contributed by atoms with van der Waals surface area (Å²) < 4.78 is 9.01. The lowest BCUT2D eigenvalue weighted by Crippen LogP contribution is -2.10. The minimum atomic E-state index is 0.855. The Kier molecular flexibility index (Phi) is 7.17. The molecule has 0 radical (unpaired) electrons. The summed E-state index contributed by atoms with van der Waals surface area (Å²) in [5.74, 6) is 1.75. The number of para-hydroxylation sites is 2. The van der Waals surface area contributed by atoms with Gasteiger partial charge in [-0.2, -0.15) is 0 Å². The standard InChI is InChI=1S/C52H34N2O/c1-3-11-35(12-4-1)36-21-26-41(27-22-36)53(43-30-32-46-47-18-9-13-38-14-10-20-50(52(38)47)55-51(46)34-43)42-28-23-37(24-29-42)39-25-31-45-44-17-7-8-19-48(44)54(49(45)33-39)40-15-5-2-6-16-40/h1-34H. The van der Waals surface area contributed by atoms with Crippen LogP contribution in [0.15, 0.2) is 206 Å². The quantitative estimate of drug-likeness (QED) is 0.172. The van der Waals surface area contributed by atoms with Crippen molar-refractivity contribution in [2.75, 3.05) is 4.90 Å². The number of benzene rings is 9. The van der Waals surface area contributed by atoms with E-state index in [1.165, 1.54) is 49.4 Å². The Morgan fingerprint density at radius 1 is 0.364 bits per heavy atom. The number of hydrogen-bond acceptors (Lipinski definition) is 2. The number of rotatable bonds is 6. The molecule has 55 heavy (non-hydrogen) atoms. The largest absolute Gasteiger partial charge is 0.456 e. The van der Waals surface area contributed by atoms with Crippen molar-refractivity contribution in [3.05, 3.63) is 206 Å². The highest BCUT2D eigenvalue weighted by atomic mass is 16.5. The Hall–Kier alpha value is -7.36. The molecule has 0 bridgehead atoms. The first-order valence-electron chi connectivity index (χ1n) is 18.8. The maximum Gasteiger partial charge on any atom is 0.137 e. The number of aromatic nitrogens is 1. The molecule has 0 unspecified atom stereocenters. The molecular weight excluding hydrogens is 669 g/mol. The molecule has 0 atom stereocenters. The Balaban J connectivity index is 1.02. The maximum absolute atomic E-state index is 6.64. The predicted molar refractivity (Wildman–Crippen MR) is 229 cm³/mol. The topological polar surface area (TPSA) is 17.4 Å². The van der Waals surface area contributed by atoms with Gasteiger partial charge in [-0.3, -0.25) is 0 Å². The van der Waals surface area contributed by atoms with Crippen molar-refractivity contribution in [2.24, 2.45) is 0 Å². The van der Waals surface area contributed by atoms with Crippen LogP contribution in [0.4, 0.5) is 17.1 Å². The van der Waals surface area contributed by atoms with Crippen LogP contribution in [0.1, 0.15) is 0 Å². The second-order valence-electron chi connectivity index (χ2n) is 14.2. The van der Waals surface area contributed by atoms with E-state index in [4.69, 9.17) is 4.74 Å².